The van der Waals surface area contributed by atoms with Crippen LogP contribution < -0.4 is 4.90 Å². The summed E-state index contributed by atoms with van der Waals surface area (Å²) < 4.78 is 0. The van der Waals surface area contributed by atoms with Crippen LogP contribution in [0.3, 0.4) is 0 Å². The second-order valence-electron chi connectivity index (χ2n) is 5.77. The van der Waals surface area contributed by atoms with Gasteiger partial charge in [0.15, 0.2) is 0 Å². The van der Waals surface area contributed by atoms with Crippen LogP contribution in [0.1, 0.15) is 49.8 Å². The quantitative estimate of drug-likeness (QED) is 0.856. The molecule has 1 unspecified atom stereocenters. The van der Waals surface area contributed by atoms with Gasteiger partial charge in [-0.05, 0) is 38.5 Å². The van der Waals surface area contributed by atoms with E-state index in [4.69, 9.17) is 5.11 Å². The third kappa shape index (κ3) is 2.62. The Labute approximate surface area is 119 Å². The van der Waals surface area contributed by atoms with Crippen molar-refractivity contribution in [2.24, 2.45) is 0 Å². The molecule has 2 aliphatic rings. The zero-order valence-corrected chi connectivity index (χ0v) is 11.7. The van der Waals surface area contributed by atoms with Gasteiger partial charge in [-0.3, -0.25) is 4.79 Å². The van der Waals surface area contributed by atoms with Gasteiger partial charge in [-0.15, -0.1) is 0 Å². The SMILES string of the molecule is O=C(O)CC1CCCN1c1ncnc2c1CCCCC2. The number of carboxylic acid groups (broad SMARTS) is 1. The molecule has 3 rings (SSSR count). The summed E-state index contributed by atoms with van der Waals surface area (Å²) in [5.41, 5.74) is 2.44. The third-order valence-corrected chi connectivity index (χ3v) is 4.41. The van der Waals surface area contributed by atoms with Gasteiger partial charge in [-0.2, -0.15) is 0 Å². The predicted molar refractivity (Wildman–Crippen MR) is 75.9 cm³/mol. The lowest BCUT2D eigenvalue weighted by Gasteiger charge is -2.27. The minimum Gasteiger partial charge on any atom is -0.481 e. The molecule has 5 heteroatoms. The van der Waals surface area contributed by atoms with Crippen molar-refractivity contribution < 1.29 is 9.90 Å². The summed E-state index contributed by atoms with van der Waals surface area (Å²) in [6.45, 7) is 0.918. The van der Waals surface area contributed by atoms with E-state index in [1.165, 1.54) is 30.5 Å². The van der Waals surface area contributed by atoms with Gasteiger partial charge < -0.3 is 10.0 Å². The van der Waals surface area contributed by atoms with Gasteiger partial charge >= 0.3 is 5.97 Å². The molecule has 108 valence electrons. The van der Waals surface area contributed by atoms with E-state index in [2.05, 4.69) is 14.9 Å². The van der Waals surface area contributed by atoms with Crippen molar-refractivity contribution >= 4 is 11.8 Å². The Morgan fingerprint density at radius 1 is 1.25 bits per heavy atom. The lowest BCUT2D eigenvalue weighted by Crippen LogP contribution is -2.33. The van der Waals surface area contributed by atoms with Crippen molar-refractivity contribution in [2.75, 3.05) is 11.4 Å². The minimum absolute atomic E-state index is 0.0924. The molecule has 20 heavy (non-hydrogen) atoms. The number of nitrogens with zero attached hydrogens (tertiary/aromatic N) is 3. The van der Waals surface area contributed by atoms with Gasteiger partial charge in [0, 0.05) is 23.8 Å². The molecular formula is C15H21N3O2. The van der Waals surface area contributed by atoms with Crippen molar-refractivity contribution in [3.63, 3.8) is 0 Å². The minimum atomic E-state index is -0.720. The Hall–Kier alpha value is -1.65. The van der Waals surface area contributed by atoms with Crippen LogP contribution >= 0.6 is 0 Å². The van der Waals surface area contributed by atoms with E-state index in [1.807, 2.05) is 0 Å². The number of rotatable bonds is 3. The Morgan fingerprint density at radius 2 is 2.10 bits per heavy atom. The molecule has 1 aromatic rings. The Kier molecular flexibility index (Phi) is 3.85. The van der Waals surface area contributed by atoms with E-state index in [-0.39, 0.29) is 12.5 Å². The highest BCUT2D eigenvalue weighted by Crippen LogP contribution is 2.32. The number of carbonyl (C=O) groups is 1. The first kappa shape index (κ1) is 13.3. The first-order chi connectivity index (χ1) is 9.75. The van der Waals surface area contributed by atoms with E-state index in [9.17, 15) is 4.79 Å². The maximum atomic E-state index is 11.0. The smallest absolute Gasteiger partial charge is 0.305 e. The summed E-state index contributed by atoms with van der Waals surface area (Å²) in [5.74, 6) is 0.280. The highest BCUT2D eigenvalue weighted by Gasteiger charge is 2.30. The number of aromatic nitrogens is 2. The van der Waals surface area contributed by atoms with Crippen LogP contribution in [0.4, 0.5) is 5.82 Å². The van der Waals surface area contributed by atoms with Crippen LogP contribution in [0.15, 0.2) is 6.33 Å². The summed E-state index contributed by atoms with van der Waals surface area (Å²) in [6, 6.07) is 0.0924. The first-order valence-electron chi connectivity index (χ1n) is 7.57. The number of fused-ring (bicyclic) bond motifs is 1. The zero-order valence-electron chi connectivity index (χ0n) is 11.7. The Bertz CT molecular complexity index is 504. The van der Waals surface area contributed by atoms with E-state index >= 15 is 0 Å². The number of anilines is 1. The Morgan fingerprint density at radius 3 is 2.95 bits per heavy atom. The average molecular weight is 275 g/mol. The molecule has 0 amide bonds. The molecule has 0 spiro atoms. The molecule has 1 aromatic heterocycles. The van der Waals surface area contributed by atoms with Gasteiger partial charge in [-0.25, -0.2) is 9.97 Å². The lowest BCUT2D eigenvalue weighted by molar-refractivity contribution is -0.137. The standard InChI is InChI=1S/C15H21N3O2/c19-14(20)9-11-5-4-8-18(11)15-12-6-2-1-3-7-13(12)16-10-17-15/h10-11H,1-9H2,(H,19,20). The molecule has 1 atom stereocenters. The zero-order chi connectivity index (χ0) is 13.9. The fourth-order valence-corrected chi connectivity index (χ4v) is 3.46. The lowest BCUT2D eigenvalue weighted by atomic mass is 10.1. The van der Waals surface area contributed by atoms with Gasteiger partial charge in [0.05, 0.1) is 6.42 Å². The molecule has 1 fully saturated rings. The molecule has 0 bridgehead atoms. The van der Waals surface area contributed by atoms with Gasteiger partial charge in [0.2, 0.25) is 0 Å². The second-order valence-corrected chi connectivity index (χ2v) is 5.77. The molecule has 0 radical (unpaired) electrons. The van der Waals surface area contributed by atoms with Crippen LogP contribution in [0.25, 0.3) is 0 Å². The van der Waals surface area contributed by atoms with Crippen molar-refractivity contribution in [1.82, 2.24) is 9.97 Å². The fourth-order valence-electron chi connectivity index (χ4n) is 3.46. The van der Waals surface area contributed by atoms with Crippen molar-refractivity contribution in [3.8, 4) is 0 Å². The average Bonchev–Trinajstić information content (AvgIpc) is 2.73. The third-order valence-electron chi connectivity index (χ3n) is 4.41. The molecule has 1 aliphatic carbocycles. The van der Waals surface area contributed by atoms with Crippen molar-refractivity contribution in [3.05, 3.63) is 17.6 Å². The van der Waals surface area contributed by atoms with E-state index in [1.54, 1.807) is 6.33 Å². The molecule has 1 N–H and O–H groups in total. The predicted octanol–water partition coefficient (Wildman–Crippen LogP) is 2.19. The maximum Gasteiger partial charge on any atom is 0.305 e. The molecule has 5 nitrogen and oxygen atoms in total. The normalized spacial score (nSPS) is 22.4. The van der Waals surface area contributed by atoms with Crippen LogP contribution in [-0.4, -0.2) is 33.6 Å². The first-order valence-corrected chi connectivity index (χ1v) is 7.57. The molecule has 2 heterocycles. The summed E-state index contributed by atoms with van der Waals surface area (Å²) in [7, 11) is 0. The molecule has 0 saturated carbocycles. The molecule has 1 saturated heterocycles. The van der Waals surface area contributed by atoms with E-state index in [0.717, 1.165) is 38.0 Å². The van der Waals surface area contributed by atoms with Crippen LogP contribution in [0.2, 0.25) is 0 Å². The summed E-state index contributed by atoms with van der Waals surface area (Å²) in [4.78, 5) is 22.2. The number of hydrogen-bond acceptors (Lipinski definition) is 4. The van der Waals surface area contributed by atoms with Crippen LogP contribution in [-0.2, 0) is 17.6 Å². The second kappa shape index (κ2) is 5.77. The topological polar surface area (TPSA) is 66.3 Å². The highest BCUT2D eigenvalue weighted by molar-refractivity contribution is 5.69. The maximum absolute atomic E-state index is 11.0. The Balaban J connectivity index is 1.91. The molecule has 1 aliphatic heterocycles. The number of carboxylic acids is 1. The summed E-state index contributed by atoms with van der Waals surface area (Å²) >= 11 is 0. The number of hydrogen-bond donors (Lipinski definition) is 1. The molecule has 0 aromatic carbocycles. The van der Waals surface area contributed by atoms with Crippen LogP contribution in [0.5, 0.6) is 0 Å². The largest absolute Gasteiger partial charge is 0.481 e. The van der Waals surface area contributed by atoms with Gasteiger partial charge in [0.25, 0.3) is 0 Å². The summed E-state index contributed by atoms with van der Waals surface area (Å²) in [6.07, 6.45) is 9.54. The van der Waals surface area contributed by atoms with Gasteiger partial charge in [-0.1, -0.05) is 6.42 Å². The van der Waals surface area contributed by atoms with Crippen molar-refractivity contribution in [1.29, 1.82) is 0 Å². The molecular weight excluding hydrogens is 254 g/mol. The number of aryl methyl sites for hydroxylation is 1. The fraction of sp³-hybridized carbons (Fsp3) is 0.667. The monoisotopic (exact) mass is 275 g/mol. The van der Waals surface area contributed by atoms with E-state index < -0.39 is 5.97 Å². The highest BCUT2D eigenvalue weighted by atomic mass is 16.4. The van der Waals surface area contributed by atoms with E-state index in [0.29, 0.717) is 0 Å². The van der Waals surface area contributed by atoms with Crippen LogP contribution in [0, 0.1) is 0 Å². The van der Waals surface area contributed by atoms with Crippen molar-refractivity contribution in [2.45, 2.75) is 57.4 Å². The number of aliphatic carboxylic acids is 1. The summed E-state index contributed by atoms with van der Waals surface area (Å²) in [5, 5.41) is 9.06. The van der Waals surface area contributed by atoms with Gasteiger partial charge in [0.1, 0.15) is 12.1 Å².